The standard InChI is InChI=1S/C9H12OS/c1-11-7-9(10)8-5-3-2-4-6-8/h2-6,9-10H,7H2,1H3. The third-order valence-electron chi connectivity index (χ3n) is 1.51. The maximum absolute atomic E-state index is 9.50. The molecule has 0 spiro atoms. The maximum Gasteiger partial charge on any atom is 0.0880 e. The van der Waals surface area contributed by atoms with Gasteiger partial charge in [-0.2, -0.15) is 11.8 Å². The summed E-state index contributed by atoms with van der Waals surface area (Å²) in [6, 6.07) is 9.73. The first-order valence-corrected chi connectivity index (χ1v) is 4.96. The molecule has 1 aromatic rings. The van der Waals surface area contributed by atoms with Gasteiger partial charge in [0.05, 0.1) is 6.10 Å². The summed E-state index contributed by atoms with van der Waals surface area (Å²) in [7, 11) is 0. The van der Waals surface area contributed by atoms with Crippen molar-refractivity contribution in [1.29, 1.82) is 0 Å². The lowest BCUT2D eigenvalue weighted by atomic mass is 10.1. The largest absolute Gasteiger partial charge is 0.388 e. The van der Waals surface area contributed by atoms with Crippen LogP contribution in [0.4, 0.5) is 0 Å². The molecule has 0 radical (unpaired) electrons. The number of hydrogen-bond acceptors (Lipinski definition) is 2. The molecule has 0 heterocycles. The lowest BCUT2D eigenvalue weighted by Gasteiger charge is -2.07. The molecule has 0 saturated carbocycles. The van der Waals surface area contributed by atoms with Gasteiger partial charge in [-0.15, -0.1) is 0 Å². The van der Waals surface area contributed by atoms with Crippen LogP contribution in [0.1, 0.15) is 11.7 Å². The molecule has 0 fully saturated rings. The van der Waals surface area contributed by atoms with E-state index in [0.29, 0.717) is 0 Å². The van der Waals surface area contributed by atoms with Crippen molar-refractivity contribution >= 4 is 11.8 Å². The molecule has 1 aromatic carbocycles. The Hall–Kier alpha value is -0.470. The predicted molar refractivity (Wildman–Crippen MR) is 49.8 cm³/mol. The van der Waals surface area contributed by atoms with E-state index in [1.807, 2.05) is 36.6 Å². The molecule has 60 valence electrons. The second kappa shape index (κ2) is 4.42. The van der Waals surface area contributed by atoms with Crippen LogP contribution in [0.15, 0.2) is 30.3 Å². The number of rotatable bonds is 3. The molecule has 0 aromatic heterocycles. The summed E-state index contributed by atoms with van der Waals surface area (Å²) >= 11 is 1.65. The SMILES string of the molecule is CSCC(O)c1ccccc1. The fourth-order valence-corrected chi connectivity index (χ4v) is 1.44. The van der Waals surface area contributed by atoms with Crippen molar-refractivity contribution in [3.63, 3.8) is 0 Å². The second-order valence-electron chi connectivity index (χ2n) is 2.38. The van der Waals surface area contributed by atoms with E-state index in [-0.39, 0.29) is 6.10 Å². The molecular weight excluding hydrogens is 156 g/mol. The molecule has 0 amide bonds. The summed E-state index contributed by atoms with van der Waals surface area (Å²) in [5.41, 5.74) is 1.00. The van der Waals surface area contributed by atoms with Crippen molar-refractivity contribution in [2.75, 3.05) is 12.0 Å². The number of aliphatic hydroxyl groups excluding tert-OH is 1. The molecular formula is C9H12OS. The third kappa shape index (κ3) is 2.56. The highest BCUT2D eigenvalue weighted by atomic mass is 32.2. The Bertz CT molecular complexity index is 198. The number of aliphatic hydroxyl groups is 1. The van der Waals surface area contributed by atoms with Gasteiger partial charge in [-0.05, 0) is 11.8 Å². The first kappa shape index (κ1) is 8.62. The van der Waals surface area contributed by atoms with Crippen molar-refractivity contribution in [3.8, 4) is 0 Å². The summed E-state index contributed by atoms with van der Waals surface area (Å²) in [6.07, 6.45) is 1.68. The van der Waals surface area contributed by atoms with Gasteiger partial charge >= 0.3 is 0 Å². The van der Waals surface area contributed by atoms with Gasteiger partial charge in [0.15, 0.2) is 0 Å². The summed E-state index contributed by atoms with van der Waals surface area (Å²) in [5, 5.41) is 9.50. The second-order valence-corrected chi connectivity index (χ2v) is 3.29. The fraction of sp³-hybridized carbons (Fsp3) is 0.333. The quantitative estimate of drug-likeness (QED) is 0.745. The van der Waals surface area contributed by atoms with E-state index >= 15 is 0 Å². The van der Waals surface area contributed by atoms with Crippen LogP contribution in [0.2, 0.25) is 0 Å². The van der Waals surface area contributed by atoms with Crippen LogP contribution in [-0.2, 0) is 0 Å². The Kier molecular flexibility index (Phi) is 3.46. The van der Waals surface area contributed by atoms with Gasteiger partial charge in [-0.25, -0.2) is 0 Å². The van der Waals surface area contributed by atoms with Crippen LogP contribution in [-0.4, -0.2) is 17.1 Å². The van der Waals surface area contributed by atoms with Crippen LogP contribution < -0.4 is 0 Å². The molecule has 1 nitrogen and oxygen atoms in total. The van der Waals surface area contributed by atoms with Crippen LogP contribution in [0, 0.1) is 0 Å². The monoisotopic (exact) mass is 168 g/mol. The summed E-state index contributed by atoms with van der Waals surface area (Å²) in [4.78, 5) is 0. The van der Waals surface area contributed by atoms with Crippen LogP contribution >= 0.6 is 11.8 Å². The summed E-state index contributed by atoms with van der Waals surface area (Å²) in [5.74, 6) is 0.768. The van der Waals surface area contributed by atoms with Gasteiger partial charge in [-0.3, -0.25) is 0 Å². The van der Waals surface area contributed by atoms with Crippen LogP contribution in [0.25, 0.3) is 0 Å². The Morgan fingerprint density at radius 2 is 2.00 bits per heavy atom. The van der Waals surface area contributed by atoms with Gasteiger partial charge in [0, 0.05) is 5.75 Å². The number of thioether (sulfide) groups is 1. The third-order valence-corrected chi connectivity index (χ3v) is 2.16. The smallest absolute Gasteiger partial charge is 0.0880 e. The Morgan fingerprint density at radius 3 is 2.55 bits per heavy atom. The highest BCUT2D eigenvalue weighted by Crippen LogP contribution is 2.15. The van der Waals surface area contributed by atoms with E-state index in [1.165, 1.54) is 0 Å². The molecule has 0 saturated heterocycles. The lowest BCUT2D eigenvalue weighted by Crippen LogP contribution is -1.98. The molecule has 2 heteroatoms. The minimum absolute atomic E-state index is 0.314. The van der Waals surface area contributed by atoms with E-state index < -0.39 is 0 Å². The van der Waals surface area contributed by atoms with Crippen molar-refractivity contribution in [2.24, 2.45) is 0 Å². The first-order valence-electron chi connectivity index (χ1n) is 3.56. The predicted octanol–water partition coefficient (Wildman–Crippen LogP) is 2.08. The normalized spacial score (nSPS) is 12.9. The molecule has 1 N–H and O–H groups in total. The Labute approximate surface area is 71.4 Å². The molecule has 1 unspecified atom stereocenters. The van der Waals surface area contributed by atoms with Crippen molar-refractivity contribution < 1.29 is 5.11 Å². The van der Waals surface area contributed by atoms with Gasteiger partial charge in [0.1, 0.15) is 0 Å². The van der Waals surface area contributed by atoms with Crippen molar-refractivity contribution in [3.05, 3.63) is 35.9 Å². The summed E-state index contributed by atoms with van der Waals surface area (Å²) < 4.78 is 0. The lowest BCUT2D eigenvalue weighted by molar-refractivity contribution is 0.204. The molecule has 11 heavy (non-hydrogen) atoms. The fourth-order valence-electron chi connectivity index (χ4n) is 0.929. The van der Waals surface area contributed by atoms with Crippen molar-refractivity contribution in [2.45, 2.75) is 6.10 Å². The topological polar surface area (TPSA) is 20.2 Å². The Balaban J connectivity index is 2.61. The number of benzene rings is 1. The van der Waals surface area contributed by atoms with E-state index in [9.17, 15) is 5.11 Å². The van der Waals surface area contributed by atoms with Gasteiger partial charge in [0.2, 0.25) is 0 Å². The van der Waals surface area contributed by atoms with Gasteiger partial charge in [-0.1, -0.05) is 30.3 Å². The van der Waals surface area contributed by atoms with Crippen molar-refractivity contribution in [1.82, 2.24) is 0 Å². The molecule has 0 bridgehead atoms. The minimum atomic E-state index is -0.314. The maximum atomic E-state index is 9.50. The zero-order valence-electron chi connectivity index (χ0n) is 6.53. The minimum Gasteiger partial charge on any atom is -0.388 e. The highest BCUT2D eigenvalue weighted by molar-refractivity contribution is 7.98. The highest BCUT2D eigenvalue weighted by Gasteiger charge is 2.03. The van der Waals surface area contributed by atoms with E-state index in [0.717, 1.165) is 11.3 Å². The molecule has 1 rings (SSSR count). The van der Waals surface area contributed by atoms with E-state index in [2.05, 4.69) is 0 Å². The molecule has 1 atom stereocenters. The van der Waals surface area contributed by atoms with E-state index in [4.69, 9.17) is 0 Å². The number of hydrogen-bond donors (Lipinski definition) is 1. The average Bonchev–Trinajstić information content (AvgIpc) is 2.07. The van der Waals surface area contributed by atoms with E-state index in [1.54, 1.807) is 11.8 Å². The van der Waals surface area contributed by atoms with Gasteiger partial charge in [0.25, 0.3) is 0 Å². The first-order chi connectivity index (χ1) is 5.34. The van der Waals surface area contributed by atoms with Crippen LogP contribution in [0.5, 0.6) is 0 Å². The Morgan fingerprint density at radius 1 is 1.36 bits per heavy atom. The van der Waals surface area contributed by atoms with Crippen LogP contribution in [0.3, 0.4) is 0 Å². The zero-order valence-corrected chi connectivity index (χ0v) is 7.34. The average molecular weight is 168 g/mol. The zero-order chi connectivity index (χ0) is 8.10. The molecule has 0 aliphatic heterocycles. The molecule has 0 aliphatic rings. The summed E-state index contributed by atoms with van der Waals surface area (Å²) in [6.45, 7) is 0. The molecule has 0 aliphatic carbocycles. The van der Waals surface area contributed by atoms with Gasteiger partial charge < -0.3 is 5.11 Å².